The van der Waals surface area contributed by atoms with E-state index in [1.54, 1.807) is 0 Å². The van der Waals surface area contributed by atoms with Gasteiger partial charge in [0.2, 0.25) is 0 Å². The fraction of sp³-hybridized carbons (Fsp3) is 0.889. The number of fused-ring (bicyclic) bond motifs is 2. The van der Waals surface area contributed by atoms with Gasteiger partial charge in [0.1, 0.15) is 6.29 Å². The van der Waals surface area contributed by atoms with Crippen LogP contribution >= 0.6 is 0 Å². The fourth-order valence-electron chi connectivity index (χ4n) is 2.63. The van der Waals surface area contributed by atoms with Gasteiger partial charge in [-0.15, -0.1) is 0 Å². The van der Waals surface area contributed by atoms with E-state index in [-0.39, 0.29) is 17.8 Å². The van der Waals surface area contributed by atoms with Gasteiger partial charge in [0, 0.05) is 19.0 Å². The maximum atomic E-state index is 12.0. The van der Waals surface area contributed by atoms with Crippen LogP contribution in [0, 0.1) is 17.8 Å². The molecule has 0 spiro atoms. The molecule has 0 aromatic heterocycles. The molecule has 0 radical (unpaired) electrons. The third kappa shape index (κ3) is 1.78. The first-order valence-corrected chi connectivity index (χ1v) is 4.74. The summed E-state index contributed by atoms with van der Waals surface area (Å²) in [7, 11) is 0. The van der Waals surface area contributed by atoms with Crippen LogP contribution in [0.4, 0.5) is 13.2 Å². The van der Waals surface area contributed by atoms with Gasteiger partial charge in [-0.25, -0.2) is 0 Å². The molecule has 3 fully saturated rings. The summed E-state index contributed by atoms with van der Waals surface area (Å²) in [5, 5.41) is 0. The van der Waals surface area contributed by atoms with Gasteiger partial charge in [-0.05, 0) is 18.3 Å². The fourth-order valence-corrected chi connectivity index (χ4v) is 2.63. The lowest BCUT2D eigenvalue weighted by Crippen LogP contribution is -2.57. The molecule has 80 valence electrons. The number of alkyl halides is 3. The molecule has 0 aromatic rings. The summed E-state index contributed by atoms with van der Waals surface area (Å²) in [6.45, 7) is 0.0322. The lowest BCUT2D eigenvalue weighted by atomic mass is 9.62. The van der Waals surface area contributed by atoms with E-state index in [1.165, 1.54) is 4.90 Å². The molecule has 2 nitrogen and oxygen atoms in total. The van der Waals surface area contributed by atoms with Gasteiger partial charge in [-0.1, -0.05) is 0 Å². The van der Waals surface area contributed by atoms with E-state index < -0.39 is 12.7 Å². The second kappa shape index (κ2) is 3.22. The van der Waals surface area contributed by atoms with Crippen molar-refractivity contribution in [3.63, 3.8) is 0 Å². The smallest absolute Gasteiger partial charge is 0.303 e. The topological polar surface area (TPSA) is 20.3 Å². The number of carbonyl (C=O) groups excluding carboxylic acids is 1. The Morgan fingerprint density at radius 2 is 1.86 bits per heavy atom. The summed E-state index contributed by atoms with van der Waals surface area (Å²) in [4.78, 5) is 12.0. The highest BCUT2D eigenvalue weighted by Crippen LogP contribution is 2.44. The highest BCUT2D eigenvalue weighted by Gasteiger charge is 2.48. The summed E-state index contributed by atoms with van der Waals surface area (Å²) < 4.78 is 36.1. The molecule has 2 atom stereocenters. The van der Waals surface area contributed by atoms with Crippen molar-refractivity contribution in [1.82, 2.24) is 4.90 Å². The van der Waals surface area contributed by atoms with Crippen LogP contribution in [-0.2, 0) is 4.79 Å². The van der Waals surface area contributed by atoms with E-state index in [2.05, 4.69) is 0 Å². The number of halogens is 3. The van der Waals surface area contributed by atoms with Crippen molar-refractivity contribution < 1.29 is 18.0 Å². The number of aldehydes is 1. The highest BCUT2D eigenvalue weighted by atomic mass is 19.4. The Hall–Kier alpha value is -0.580. The van der Waals surface area contributed by atoms with Gasteiger partial charge in [0.15, 0.2) is 0 Å². The van der Waals surface area contributed by atoms with E-state index >= 15 is 0 Å². The Bertz CT molecular complexity index is 229. The highest BCUT2D eigenvalue weighted by molar-refractivity contribution is 5.57. The summed E-state index contributed by atoms with van der Waals surface area (Å²) in [5.74, 6) is 0.377. The minimum atomic E-state index is -4.11. The Kier molecular flexibility index (Phi) is 2.29. The number of hydrogen-bond acceptors (Lipinski definition) is 2. The zero-order valence-corrected chi connectivity index (χ0v) is 7.63. The van der Waals surface area contributed by atoms with Crippen LogP contribution in [0.2, 0.25) is 0 Å². The Morgan fingerprint density at radius 1 is 1.29 bits per heavy atom. The van der Waals surface area contributed by atoms with Crippen LogP contribution in [0.5, 0.6) is 0 Å². The molecule has 0 N–H and O–H groups in total. The third-order valence-corrected chi connectivity index (χ3v) is 3.24. The number of carbonyl (C=O) groups is 1. The number of hydrogen-bond donors (Lipinski definition) is 0. The second-order valence-corrected chi connectivity index (χ2v) is 4.28. The molecule has 1 aliphatic carbocycles. The SMILES string of the molecule is O=CC1C2CC1CN(CC(F)(F)F)C2. The van der Waals surface area contributed by atoms with Crippen molar-refractivity contribution >= 4 is 6.29 Å². The standard InChI is InChI=1S/C9H12F3NO/c10-9(11,12)5-13-2-6-1-7(3-13)8(6)4-14/h4,6-8H,1-3,5H2. The average molecular weight is 207 g/mol. The lowest BCUT2D eigenvalue weighted by Gasteiger charge is -2.51. The van der Waals surface area contributed by atoms with Crippen molar-refractivity contribution in [3.8, 4) is 0 Å². The van der Waals surface area contributed by atoms with Gasteiger partial charge in [0.05, 0.1) is 6.54 Å². The van der Waals surface area contributed by atoms with E-state index in [9.17, 15) is 18.0 Å². The molecule has 2 unspecified atom stereocenters. The van der Waals surface area contributed by atoms with Gasteiger partial charge in [-0.3, -0.25) is 4.90 Å². The predicted octanol–water partition coefficient (Wildman–Crippen LogP) is 1.32. The van der Waals surface area contributed by atoms with Gasteiger partial charge in [-0.2, -0.15) is 13.2 Å². The van der Waals surface area contributed by atoms with E-state index in [4.69, 9.17) is 0 Å². The maximum Gasteiger partial charge on any atom is 0.401 e. The summed E-state index contributed by atoms with van der Waals surface area (Å²) in [6.07, 6.45) is -2.28. The van der Waals surface area contributed by atoms with Crippen molar-refractivity contribution in [2.45, 2.75) is 12.6 Å². The van der Waals surface area contributed by atoms with Crippen molar-refractivity contribution in [2.24, 2.45) is 17.8 Å². The molecule has 2 heterocycles. The molecule has 1 saturated carbocycles. The second-order valence-electron chi connectivity index (χ2n) is 4.28. The molecule has 14 heavy (non-hydrogen) atoms. The quantitative estimate of drug-likeness (QED) is 0.636. The minimum absolute atomic E-state index is 0.0273. The molecular formula is C9H12F3NO. The Labute approximate surface area is 80.1 Å². The van der Waals surface area contributed by atoms with Crippen LogP contribution in [-0.4, -0.2) is 37.0 Å². The first kappa shape index (κ1) is 9.96. The molecule has 3 rings (SSSR count). The van der Waals surface area contributed by atoms with E-state index in [0.717, 1.165) is 12.7 Å². The normalized spacial score (nSPS) is 37.8. The summed E-state index contributed by atoms with van der Waals surface area (Å²) >= 11 is 0. The first-order valence-electron chi connectivity index (χ1n) is 4.74. The van der Waals surface area contributed by atoms with Crippen LogP contribution in [0.1, 0.15) is 6.42 Å². The minimum Gasteiger partial charge on any atom is -0.303 e. The molecule has 3 aliphatic rings. The van der Waals surface area contributed by atoms with Crippen LogP contribution < -0.4 is 0 Å². The van der Waals surface area contributed by atoms with E-state index in [0.29, 0.717) is 13.1 Å². The largest absolute Gasteiger partial charge is 0.401 e. The Morgan fingerprint density at radius 3 is 2.29 bits per heavy atom. The monoisotopic (exact) mass is 207 g/mol. The number of nitrogens with zero attached hydrogens (tertiary/aromatic N) is 1. The summed E-state index contributed by atoms with van der Waals surface area (Å²) in [6, 6.07) is 0. The lowest BCUT2D eigenvalue weighted by molar-refractivity contribution is -0.166. The van der Waals surface area contributed by atoms with Gasteiger partial charge in [0.25, 0.3) is 0 Å². The van der Waals surface area contributed by atoms with Gasteiger partial charge < -0.3 is 4.79 Å². The summed E-state index contributed by atoms with van der Waals surface area (Å²) in [5.41, 5.74) is 0. The molecule has 0 amide bonds. The Balaban J connectivity index is 1.88. The maximum absolute atomic E-state index is 12.0. The molecule has 2 aliphatic heterocycles. The van der Waals surface area contributed by atoms with Crippen molar-refractivity contribution in [3.05, 3.63) is 0 Å². The zero-order chi connectivity index (χ0) is 10.3. The molecule has 5 heteroatoms. The van der Waals surface area contributed by atoms with Crippen LogP contribution in [0.15, 0.2) is 0 Å². The van der Waals surface area contributed by atoms with Gasteiger partial charge >= 0.3 is 6.18 Å². The molecule has 2 bridgehead atoms. The molecule has 2 saturated heterocycles. The van der Waals surface area contributed by atoms with Crippen molar-refractivity contribution in [1.29, 1.82) is 0 Å². The van der Waals surface area contributed by atoms with Crippen LogP contribution in [0.3, 0.4) is 0 Å². The molecule has 0 aromatic carbocycles. The number of rotatable bonds is 2. The van der Waals surface area contributed by atoms with Crippen LogP contribution in [0.25, 0.3) is 0 Å². The predicted molar refractivity (Wildman–Crippen MR) is 43.6 cm³/mol. The third-order valence-electron chi connectivity index (χ3n) is 3.24. The zero-order valence-electron chi connectivity index (χ0n) is 7.63. The number of piperidine rings is 2. The molecular weight excluding hydrogens is 195 g/mol. The van der Waals surface area contributed by atoms with E-state index in [1.807, 2.05) is 0 Å². The van der Waals surface area contributed by atoms with Crippen molar-refractivity contribution in [2.75, 3.05) is 19.6 Å². The average Bonchev–Trinajstić information content (AvgIpc) is 2.01. The first-order chi connectivity index (χ1) is 6.49.